The number of Topliss-reactive ketones (excluding diaryl/α,β-unsaturated/α-hetero) is 1. The quantitative estimate of drug-likeness (QED) is 0.647. The van der Waals surface area contributed by atoms with Gasteiger partial charge in [-0.1, -0.05) is 0 Å². The molecule has 0 aliphatic heterocycles. The minimum Gasteiger partial charge on any atom is -0.497 e. The molecule has 1 aromatic carbocycles. The second-order valence-electron chi connectivity index (χ2n) is 3.51. The van der Waals surface area contributed by atoms with E-state index in [2.05, 4.69) is 0 Å². The Morgan fingerprint density at radius 3 is 2.76 bits per heavy atom. The zero-order valence-corrected chi connectivity index (χ0v) is 9.10. The lowest BCUT2D eigenvalue weighted by molar-refractivity contribution is -0.135. The third kappa shape index (κ3) is 2.28. The number of ether oxygens (including phenoxy) is 1. The summed E-state index contributed by atoms with van der Waals surface area (Å²) in [6.07, 6.45) is -0.572. The highest BCUT2D eigenvalue weighted by Crippen LogP contribution is 2.24. The summed E-state index contributed by atoms with van der Waals surface area (Å²) >= 11 is 0. The number of benzene rings is 1. The van der Waals surface area contributed by atoms with Gasteiger partial charge < -0.3 is 14.3 Å². The van der Waals surface area contributed by atoms with Crippen LogP contribution in [0, 0.1) is 0 Å². The lowest BCUT2D eigenvalue weighted by atomic mass is 10.2. The van der Waals surface area contributed by atoms with Crippen molar-refractivity contribution in [3.05, 3.63) is 30.0 Å². The maximum absolute atomic E-state index is 11.5. The Morgan fingerprint density at radius 2 is 2.12 bits per heavy atom. The van der Waals surface area contributed by atoms with E-state index in [0.29, 0.717) is 16.7 Å². The molecule has 0 saturated heterocycles. The normalized spacial score (nSPS) is 10.4. The van der Waals surface area contributed by atoms with Crippen molar-refractivity contribution < 1.29 is 23.8 Å². The van der Waals surface area contributed by atoms with Crippen LogP contribution in [0.1, 0.15) is 17.0 Å². The first kappa shape index (κ1) is 11.2. The van der Waals surface area contributed by atoms with E-state index in [1.807, 2.05) is 0 Å². The third-order valence-electron chi connectivity index (χ3n) is 2.31. The molecule has 0 saturated carbocycles. The summed E-state index contributed by atoms with van der Waals surface area (Å²) in [5.41, 5.74) is 0.527. The number of carboxylic acid groups (broad SMARTS) is 1. The molecular formula is C12H10O5. The van der Waals surface area contributed by atoms with Gasteiger partial charge in [0.05, 0.1) is 7.11 Å². The number of carbonyl (C=O) groups excluding carboxylic acids is 1. The highest BCUT2D eigenvalue weighted by atomic mass is 16.5. The van der Waals surface area contributed by atoms with Crippen LogP contribution in [0.2, 0.25) is 0 Å². The summed E-state index contributed by atoms with van der Waals surface area (Å²) < 4.78 is 10.3. The first-order valence-corrected chi connectivity index (χ1v) is 4.92. The van der Waals surface area contributed by atoms with Crippen molar-refractivity contribution in [1.82, 2.24) is 0 Å². The second-order valence-corrected chi connectivity index (χ2v) is 3.51. The van der Waals surface area contributed by atoms with Crippen LogP contribution in [-0.2, 0) is 4.79 Å². The van der Waals surface area contributed by atoms with Gasteiger partial charge in [-0.2, -0.15) is 0 Å². The fourth-order valence-corrected chi connectivity index (χ4v) is 1.51. The van der Waals surface area contributed by atoms with Gasteiger partial charge in [0.15, 0.2) is 5.76 Å². The Balaban J connectivity index is 2.37. The van der Waals surface area contributed by atoms with Gasteiger partial charge in [0.25, 0.3) is 0 Å². The van der Waals surface area contributed by atoms with Gasteiger partial charge in [-0.25, -0.2) is 0 Å². The molecule has 0 atom stereocenters. The average Bonchev–Trinajstić information content (AvgIpc) is 2.70. The largest absolute Gasteiger partial charge is 0.497 e. The summed E-state index contributed by atoms with van der Waals surface area (Å²) in [5, 5.41) is 9.23. The lowest BCUT2D eigenvalue weighted by Gasteiger charge is -1.96. The average molecular weight is 234 g/mol. The predicted molar refractivity (Wildman–Crippen MR) is 59.3 cm³/mol. The van der Waals surface area contributed by atoms with Gasteiger partial charge in [0, 0.05) is 5.39 Å². The van der Waals surface area contributed by atoms with E-state index in [4.69, 9.17) is 14.3 Å². The van der Waals surface area contributed by atoms with E-state index >= 15 is 0 Å². The van der Waals surface area contributed by atoms with Gasteiger partial charge >= 0.3 is 5.97 Å². The van der Waals surface area contributed by atoms with Crippen LogP contribution >= 0.6 is 0 Å². The fraction of sp³-hybridized carbons (Fsp3) is 0.167. The van der Waals surface area contributed by atoms with Crippen molar-refractivity contribution >= 4 is 22.7 Å². The minimum atomic E-state index is -1.17. The number of aliphatic carboxylic acids is 1. The molecule has 0 fully saturated rings. The Bertz CT molecular complexity index is 582. The number of carboxylic acids is 1. The van der Waals surface area contributed by atoms with E-state index in [1.165, 1.54) is 13.2 Å². The predicted octanol–water partition coefficient (Wildman–Crippen LogP) is 2.10. The van der Waals surface area contributed by atoms with Gasteiger partial charge in [-0.05, 0) is 24.3 Å². The maximum atomic E-state index is 11.5. The number of hydrogen-bond acceptors (Lipinski definition) is 4. The highest BCUT2D eigenvalue weighted by molar-refractivity contribution is 6.05. The first-order chi connectivity index (χ1) is 8.10. The summed E-state index contributed by atoms with van der Waals surface area (Å²) in [4.78, 5) is 21.9. The Kier molecular flexibility index (Phi) is 2.82. The van der Waals surface area contributed by atoms with E-state index in [-0.39, 0.29) is 5.76 Å². The van der Waals surface area contributed by atoms with Crippen LogP contribution in [0.15, 0.2) is 28.7 Å². The molecule has 0 aliphatic carbocycles. The molecule has 0 unspecified atom stereocenters. The zero-order valence-electron chi connectivity index (χ0n) is 9.10. The zero-order chi connectivity index (χ0) is 12.4. The highest BCUT2D eigenvalue weighted by Gasteiger charge is 2.15. The molecule has 2 rings (SSSR count). The maximum Gasteiger partial charge on any atom is 0.311 e. The SMILES string of the molecule is COc1ccc2oc(C(=O)CC(=O)O)cc2c1. The molecule has 88 valence electrons. The summed E-state index contributed by atoms with van der Waals surface area (Å²) in [6, 6.07) is 6.61. The van der Waals surface area contributed by atoms with Gasteiger partial charge in [-0.15, -0.1) is 0 Å². The molecule has 1 aromatic heterocycles. The van der Waals surface area contributed by atoms with Gasteiger partial charge in [-0.3, -0.25) is 9.59 Å². The molecule has 0 amide bonds. The van der Waals surface area contributed by atoms with Crippen molar-refractivity contribution in [2.24, 2.45) is 0 Å². The molecule has 0 spiro atoms. The van der Waals surface area contributed by atoms with E-state index in [1.54, 1.807) is 18.2 Å². The topological polar surface area (TPSA) is 76.7 Å². The number of methoxy groups -OCH3 is 1. The van der Waals surface area contributed by atoms with Crippen LogP contribution in [0.5, 0.6) is 5.75 Å². The van der Waals surface area contributed by atoms with Crippen LogP contribution in [0.4, 0.5) is 0 Å². The van der Waals surface area contributed by atoms with Crippen molar-refractivity contribution in [2.75, 3.05) is 7.11 Å². The standard InChI is InChI=1S/C12H10O5/c1-16-8-2-3-10-7(4-8)5-11(17-10)9(13)6-12(14)15/h2-5H,6H2,1H3,(H,14,15). The molecule has 2 aromatic rings. The number of fused-ring (bicyclic) bond motifs is 1. The molecule has 0 aliphatic rings. The number of carbonyl (C=O) groups is 2. The van der Waals surface area contributed by atoms with Crippen LogP contribution < -0.4 is 4.74 Å². The molecule has 1 heterocycles. The molecule has 0 bridgehead atoms. The molecule has 17 heavy (non-hydrogen) atoms. The van der Waals surface area contributed by atoms with Gasteiger partial charge in [0.1, 0.15) is 17.8 Å². The number of rotatable bonds is 4. The number of ketones is 1. The Hall–Kier alpha value is -2.30. The van der Waals surface area contributed by atoms with Crippen molar-refractivity contribution in [3.63, 3.8) is 0 Å². The summed E-state index contributed by atoms with van der Waals surface area (Å²) in [7, 11) is 1.54. The molecular weight excluding hydrogens is 224 g/mol. The Labute approximate surface area is 96.6 Å². The van der Waals surface area contributed by atoms with Crippen LogP contribution in [-0.4, -0.2) is 24.0 Å². The van der Waals surface area contributed by atoms with Crippen molar-refractivity contribution in [2.45, 2.75) is 6.42 Å². The molecule has 5 heteroatoms. The lowest BCUT2D eigenvalue weighted by Crippen LogP contribution is -2.05. The van der Waals surface area contributed by atoms with E-state index < -0.39 is 18.2 Å². The van der Waals surface area contributed by atoms with E-state index in [0.717, 1.165) is 0 Å². The fourth-order valence-electron chi connectivity index (χ4n) is 1.51. The van der Waals surface area contributed by atoms with Crippen molar-refractivity contribution in [3.8, 4) is 5.75 Å². The third-order valence-corrected chi connectivity index (χ3v) is 2.31. The number of hydrogen-bond donors (Lipinski definition) is 1. The number of furan rings is 1. The first-order valence-electron chi connectivity index (χ1n) is 4.92. The summed E-state index contributed by atoms with van der Waals surface area (Å²) in [5.74, 6) is -1.02. The summed E-state index contributed by atoms with van der Waals surface area (Å²) in [6.45, 7) is 0. The van der Waals surface area contributed by atoms with Gasteiger partial charge in [0.2, 0.25) is 5.78 Å². The molecule has 0 radical (unpaired) electrons. The monoisotopic (exact) mass is 234 g/mol. The van der Waals surface area contributed by atoms with Crippen LogP contribution in [0.3, 0.4) is 0 Å². The second kappa shape index (κ2) is 4.29. The molecule has 1 N–H and O–H groups in total. The van der Waals surface area contributed by atoms with Crippen LogP contribution in [0.25, 0.3) is 11.0 Å². The Morgan fingerprint density at radius 1 is 1.35 bits per heavy atom. The van der Waals surface area contributed by atoms with Crippen molar-refractivity contribution in [1.29, 1.82) is 0 Å². The molecule has 5 nitrogen and oxygen atoms in total. The minimum absolute atomic E-state index is 0.0515. The van der Waals surface area contributed by atoms with E-state index in [9.17, 15) is 9.59 Å². The smallest absolute Gasteiger partial charge is 0.311 e.